The maximum absolute atomic E-state index is 12.8. The summed E-state index contributed by atoms with van der Waals surface area (Å²) in [6.07, 6.45) is 4.24. The fraction of sp³-hybridized carbons (Fsp3) is 0.211. The molecule has 140 valence electrons. The summed E-state index contributed by atoms with van der Waals surface area (Å²) in [6.45, 7) is 0.645. The zero-order valence-electron chi connectivity index (χ0n) is 15.2. The summed E-state index contributed by atoms with van der Waals surface area (Å²) in [5, 5.41) is 20.4. The lowest BCUT2D eigenvalue weighted by Crippen LogP contribution is -2.33. The molecule has 0 aliphatic carbocycles. The van der Waals surface area contributed by atoms with Gasteiger partial charge in [0.2, 0.25) is 5.91 Å². The number of aromatic nitrogens is 6. The number of nitrogens with one attached hydrogen (secondary N) is 1. The molecule has 0 radical (unpaired) electrons. The van der Waals surface area contributed by atoms with E-state index in [9.17, 15) is 4.79 Å². The van der Waals surface area contributed by atoms with Crippen LogP contribution < -0.4 is 10.2 Å². The Morgan fingerprint density at radius 1 is 1.11 bits per heavy atom. The molecule has 0 saturated carbocycles. The molecule has 1 atom stereocenters. The van der Waals surface area contributed by atoms with Gasteiger partial charge in [0, 0.05) is 25.4 Å². The van der Waals surface area contributed by atoms with Gasteiger partial charge < -0.3 is 10.2 Å². The number of carbonyl (C=O) groups is 1. The minimum Gasteiger partial charge on any atom is -0.357 e. The lowest BCUT2D eigenvalue weighted by molar-refractivity contribution is -0.117. The number of nitrogens with zero attached hydrogens (tertiary/aromatic N) is 7. The lowest BCUT2D eigenvalue weighted by Gasteiger charge is -2.15. The summed E-state index contributed by atoms with van der Waals surface area (Å²) in [5.74, 6) is 1.28. The number of hydrogen-bond donors (Lipinski definition) is 1. The van der Waals surface area contributed by atoms with Crippen molar-refractivity contribution < 1.29 is 4.79 Å². The molecule has 1 aliphatic rings. The minimum absolute atomic E-state index is 0.0157. The summed E-state index contributed by atoms with van der Waals surface area (Å²) in [5.41, 5.74) is 2.39. The molecule has 1 N–H and O–H groups in total. The van der Waals surface area contributed by atoms with Gasteiger partial charge in [-0.15, -0.1) is 15.3 Å². The molecule has 1 amide bonds. The average Bonchev–Trinajstić information content (AvgIpc) is 3.42. The van der Waals surface area contributed by atoms with Crippen LogP contribution in [0.5, 0.6) is 0 Å². The van der Waals surface area contributed by atoms with Crippen molar-refractivity contribution in [2.24, 2.45) is 7.05 Å². The number of amides is 1. The molecule has 1 aliphatic heterocycles. The quantitative estimate of drug-likeness (QED) is 0.585. The third-order valence-electron chi connectivity index (χ3n) is 4.83. The van der Waals surface area contributed by atoms with E-state index in [0.717, 1.165) is 11.3 Å². The molecular formula is C19H18N8O. The third kappa shape index (κ3) is 2.77. The molecule has 0 spiro atoms. The van der Waals surface area contributed by atoms with Crippen molar-refractivity contribution in [2.45, 2.75) is 12.5 Å². The number of hydrogen-bond acceptors (Lipinski definition) is 6. The largest absolute Gasteiger partial charge is 0.357 e. The smallest absolute Gasteiger partial charge is 0.249 e. The van der Waals surface area contributed by atoms with Gasteiger partial charge in [-0.1, -0.05) is 30.3 Å². The fourth-order valence-corrected chi connectivity index (χ4v) is 3.43. The van der Waals surface area contributed by atoms with Crippen LogP contribution in [0.25, 0.3) is 17.0 Å². The molecule has 9 heteroatoms. The Hall–Kier alpha value is -3.75. The Morgan fingerprint density at radius 3 is 2.75 bits per heavy atom. The van der Waals surface area contributed by atoms with Gasteiger partial charge in [0.25, 0.3) is 0 Å². The highest BCUT2D eigenvalue weighted by Gasteiger charge is 2.33. The van der Waals surface area contributed by atoms with Crippen molar-refractivity contribution >= 4 is 23.1 Å². The predicted molar refractivity (Wildman–Crippen MR) is 104 cm³/mol. The van der Waals surface area contributed by atoms with Gasteiger partial charge in [0.15, 0.2) is 11.5 Å². The van der Waals surface area contributed by atoms with Crippen LogP contribution >= 0.6 is 0 Å². The second-order valence-electron chi connectivity index (χ2n) is 6.73. The molecule has 9 nitrogen and oxygen atoms in total. The topological polar surface area (TPSA) is 93.2 Å². The summed E-state index contributed by atoms with van der Waals surface area (Å²) < 4.78 is 3.38. The summed E-state index contributed by atoms with van der Waals surface area (Å²) in [7, 11) is 1.84. The second kappa shape index (κ2) is 6.45. The zero-order valence-corrected chi connectivity index (χ0v) is 15.2. The Balaban J connectivity index is 1.41. The van der Waals surface area contributed by atoms with Crippen molar-refractivity contribution in [2.75, 3.05) is 16.8 Å². The van der Waals surface area contributed by atoms with Gasteiger partial charge >= 0.3 is 0 Å². The Kier molecular flexibility index (Phi) is 3.78. The number of fused-ring (bicyclic) bond motifs is 1. The van der Waals surface area contributed by atoms with Crippen LogP contribution in [0.15, 0.2) is 54.9 Å². The highest BCUT2D eigenvalue weighted by molar-refractivity contribution is 6.00. The molecular weight excluding hydrogens is 356 g/mol. The predicted octanol–water partition coefficient (Wildman–Crippen LogP) is 1.74. The second-order valence-corrected chi connectivity index (χ2v) is 6.73. The maximum Gasteiger partial charge on any atom is 0.249 e. The first kappa shape index (κ1) is 16.4. The van der Waals surface area contributed by atoms with Gasteiger partial charge in [0.05, 0.1) is 11.9 Å². The SMILES string of the molecule is Cn1cc(N2CCC(Nc3ccc4nnc(-c5ccccc5)n4n3)C2=O)cn1. The number of carbonyl (C=O) groups excluding carboxylic acids is 1. The van der Waals surface area contributed by atoms with E-state index in [4.69, 9.17) is 0 Å². The maximum atomic E-state index is 12.8. The van der Waals surface area contributed by atoms with Gasteiger partial charge in [-0.05, 0) is 18.6 Å². The van der Waals surface area contributed by atoms with Crippen LogP contribution in [0.1, 0.15) is 6.42 Å². The first-order valence-corrected chi connectivity index (χ1v) is 9.03. The molecule has 4 heterocycles. The van der Waals surface area contributed by atoms with Crippen LogP contribution in [0.4, 0.5) is 11.5 Å². The van der Waals surface area contributed by atoms with E-state index in [1.807, 2.05) is 55.7 Å². The monoisotopic (exact) mass is 374 g/mol. The molecule has 0 bridgehead atoms. The number of anilines is 2. The van der Waals surface area contributed by atoms with Crippen LogP contribution in [0.3, 0.4) is 0 Å². The lowest BCUT2D eigenvalue weighted by atomic mass is 10.2. The van der Waals surface area contributed by atoms with Crippen molar-refractivity contribution in [3.63, 3.8) is 0 Å². The Labute approximate surface area is 160 Å². The molecule has 3 aromatic heterocycles. The molecule has 1 fully saturated rings. The van der Waals surface area contributed by atoms with Gasteiger partial charge in [0.1, 0.15) is 11.9 Å². The fourth-order valence-electron chi connectivity index (χ4n) is 3.43. The normalized spacial score (nSPS) is 16.8. The van der Waals surface area contributed by atoms with Crippen LogP contribution in [-0.4, -0.2) is 48.1 Å². The van der Waals surface area contributed by atoms with Crippen LogP contribution in [0.2, 0.25) is 0 Å². The highest BCUT2D eigenvalue weighted by Crippen LogP contribution is 2.23. The molecule has 28 heavy (non-hydrogen) atoms. The number of benzene rings is 1. The van der Waals surface area contributed by atoms with Crippen LogP contribution in [0, 0.1) is 0 Å². The minimum atomic E-state index is -0.332. The third-order valence-corrected chi connectivity index (χ3v) is 4.83. The van der Waals surface area contributed by atoms with Crippen molar-refractivity contribution in [1.29, 1.82) is 0 Å². The number of rotatable bonds is 4. The van der Waals surface area contributed by atoms with Gasteiger partial charge in [-0.2, -0.15) is 9.61 Å². The standard InChI is InChI=1S/C19H18N8O/c1-25-12-14(11-20-25)26-10-9-15(19(26)28)21-16-7-8-17-22-23-18(27(17)24-16)13-5-3-2-4-6-13/h2-8,11-12,15H,9-10H2,1H3,(H,21,24). The first-order chi connectivity index (χ1) is 13.7. The van der Waals surface area contributed by atoms with Crippen molar-refractivity contribution in [1.82, 2.24) is 29.6 Å². The average molecular weight is 374 g/mol. The molecule has 1 aromatic carbocycles. The van der Waals surface area contributed by atoms with E-state index < -0.39 is 0 Å². The Morgan fingerprint density at radius 2 is 1.96 bits per heavy atom. The van der Waals surface area contributed by atoms with E-state index in [2.05, 4.69) is 25.7 Å². The summed E-state index contributed by atoms with van der Waals surface area (Å²) in [4.78, 5) is 14.5. The molecule has 4 aromatic rings. The van der Waals surface area contributed by atoms with Crippen molar-refractivity contribution in [3.05, 3.63) is 54.9 Å². The molecule has 5 rings (SSSR count). The van der Waals surface area contributed by atoms with Gasteiger partial charge in [-0.25, -0.2) is 0 Å². The molecule has 1 saturated heterocycles. The highest BCUT2D eigenvalue weighted by atomic mass is 16.2. The van der Waals surface area contributed by atoms with E-state index in [1.165, 1.54) is 0 Å². The van der Waals surface area contributed by atoms with Crippen molar-refractivity contribution in [3.8, 4) is 11.4 Å². The van der Waals surface area contributed by atoms with Crippen LogP contribution in [-0.2, 0) is 11.8 Å². The molecule has 1 unspecified atom stereocenters. The first-order valence-electron chi connectivity index (χ1n) is 9.03. The van der Waals surface area contributed by atoms with E-state index in [-0.39, 0.29) is 11.9 Å². The van der Waals surface area contributed by atoms with E-state index in [1.54, 1.807) is 20.3 Å². The summed E-state index contributed by atoms with van der Waals surface area (Å²) in [6, 6.07) is 13.1. The van der Waals surface area contributed by atoms with E-state index in [0.29, 0.717) is 30.3 Å². The zero-order chi connectivity index (χ0) is 19.1. The summed E-state index contributed by atoms with van der Waals surface area (Å²) >= 11 is 0. The Bertz CT molecular complexity index is 1150. The van der Waals surface area contributed by atoms with Gasteiger partial charge in [-0.3, -0.25) is 9.48 Å². The van der Waals surface area contributed by atoms with E-state index >= 15 is 0 Å². The number of aryl methyl sites for hydroxylation is 1.